The molecule has 0 heterocycles. The second kappa shape index (κ2) is 6.06. The van der Waals surface area contributed by atoms with Crippen LogP contribution in [0, 0.1) is 0 Å². The Bertz CT molecular complexity index is 323. The maximum atomic E-state index is 3.65. The standard InChI is InChI=1S/C15H26N2/c1-6-15(3,7-2)16-12-13-8-10-14(11-9-13)17(4)5/h8-11,16H,6-7,12H2,1-5H3. The molecule has 0 aliphatic heterocycles. The van der Waals surface area contributed by atoms with Crippen molar-refractivity contribution in [1.82, 2.24) is 5.32 Å². The van der Waals surface area contributed by atoms with E-state index in [0.717, 1.165) is 6.54 Å². The zero-order valence-corrected chi connectivity index (χ0v) is 11.9. The highest BCUT2D eigenvalue weighted by Gasteiger charge is 2.17. The van der Waals surface area contributed by atoms with Gasteiger partial charge in [-0.1, -0.05) is 26.0 Å². The highest BCUT2D eigenvalue weighted by atomic mass is 15.1. The first-order valence-corrected chi connectivity index (χ1v) is 6.52. The first kappa shape index (κ1) is 14.0. The first-order valence-electron chi connectivity index (χ1n) is 6.52. The summed E-state index contributed by atoms with van der Waals surface area (Å²) in [5.41, 5.74) is 2.87. The van der Waals surface area contributed by atoms with E-state index in [0.29, 0.717) is 0 Å². The molecule has 0 atom stereocenters. The van der Waals surface area contributed by atoms with Crippen LogP contribution in [0.3, 0.4) is 0 Å². The third-order valence-corrected chi connectivity index (χ3v) is 3.73. The average Bonchev–Trinajstić information content (AvgIpc) is 2.36. The molecule has 0 aliphatic carbocycles. The second-order valence-corrected chi connectivity index (χ2v) is 5.18. The molecule has 2 nitrogen and oxygen atoms in total. The van der Waals surface area contributed by atoms with E-state index in [9.17, 15) is 0 Å². The third kappa shape index (κ3) is 4.04. The van der Waals surface area contributed by atoms with E-state index in [2.05, 4.69) is 69.3 Å². The zero-order valence-electron chi connectivity index (χ0n) is 11.9. The van der Waals surface area contributed by atoms with Gasteiger partial charge in [0.15, 0.2) is 0 Å². The van der Waals surface area contributed by atoms with Crippen LogP contribution in [0.25, 0.3) is 0 Å². The SMILES string of the molecule is CCC(C)(CC)NCc1ccc(N(C)C)cc1. The van der Waals surface area contributed by atoms with E-state index in [-0.39, 0.29) is 5.54 Å². The van der Waals surface area contributed by atoms with Crippen LogP contribution in [0.2, 0.25) is 0 Å². The zero-order chi connectivity index (χ0) is 12.9. The molecule has 0 aromatic heterocycles. The summed E-state index contributed by atoms with van der Waals surface area (Å²) >= 11 is 0. The van der Waals surface area contributed by atoms with Gasteiger partial charge >= 0.3 is 0 Å². The van der Waals surface area contributed by atoms with Crippen LogP contribution in [0.4, 0.5) is 5.69 Å². The number of nitrogens with one attached hydrogen (secondary N) is 1. The second-order valence-electron chi connectivity index (χ2n) is 5.18. The molecule has 0 radical (unpaired) electrons. The Hall–Kier alpha value is -1.02. The molecule has 96 valence electrons. The Morgan fingerprint density at radius 3 is 2.00 bits per heavy atom. The van der Waals surface area contributed by atoms with E-state index in [1.165, 1.54) is 24.1 Å². The van der Waals surface area contributed by atoms with E-state index >= 15 is 0 Å². The van der Waals surface area contributed by atoms with Crippen LogP contribution in [0.5, 0.6) is 0 Å². The van der Waals surface area contributed by atoms with Crippen molar-refractivity contribution < 1.29 is 0 Å². The van der Waals surface area contributed by atoms with E-state index in [1.807, 2.05) is 0 Å². The number of benzene rings is 1. The summed E-state index contributed by atoms with van der Waals surface area (Å²) in [6.07, 6.45) is 2.33. The van der Waals surface area contributed by atoms with Gasteiger partial charge in [0.05, 0.1) is 0 Å². The fourth-order valence-corrected chi connectivity index (χ4v) is 1.73. The van der Waals surface area contributed by atoms with Gasteiger partial charge in [-0.15, -0.1) is 0 Å². The Labute approximate surface area is 106 Å². The van der Waals surface area contributed by atoms with Crippen LogP contribution in [-0.4, -0.2) is 19.6 Å². The molecule has 2 heteroatoms. The normalized spacial score (nSPS) is 11.6. The lowest BCUT2D eigenvalue weighted by Crippen LogP contribution is -2.40. The number of anilines is 1. The van der Waals surface area contributed by atoms with Gasteiger partial charge < -0.3 is 10.2 Å². The minimum atomic E-state index is 0.264. The van der Waals surface area contributed by atoms with Gasteiger partial charge in [0.1, 0.15) is 0 Å². The van der Waals surface area contributed by atoms with Crippen molar-refractivity contribution in [3.8, 4) is 0 Å². The topological polar surface area (TPSA) is 15.3 Å². The van der Waals surface area contributed by atoms with Crippen molar-refractivity contribution in [3.63, 3.8) is 0 Å². The summed E-state index contributed by atoms with van der Waals surface area (Å²) in [4.78, 5) is 2.12. The number of rotatable bonds is 6. The minimum absolute atomic E-state index is 0.264. The Morgan fingerprint density at radius 1 is 1.06 bits per heavy atom. The fourth-order valence-electron chi connectivity index (χ4n) is 1.73. The van der Waals surface area contributed by atoms with E-state index < -0.39 is 0 Å². The summed E-state index contributed by atoms with van der Waals surface area (Å²) in [6.45, 7) is 7.73. The van der Waals surface area contributed by atoms with Gasteiger partial charge in [-0.3, -0.25) is 0 Å². The quantitative estimate of drug-likeness (QED) is 0.811. The van der Waals surface area contributed by atoms with Gasteiger partial charge in [0, 0.05) is 31.9 Å². The van der Waals surface area contributed by atoms with Crippen LogP contribution < -0.4 is 10.2 Å². The van der Waals surface area contributed by atoms with Gasteiger partial charge in [-0.25, -0.2) is 0 Å². The summed E-state index contributed by atoms with van der Waals surface area (Å²) in [6, 6.07) is 8.75. The number of hydrogen-bond acceptors (Lipinski definition) is 2. The smallest absolute Gasteiger partial charge is 0.0361 e. The molecule has 0 amide bonds. The highest BCUT2D eigenvalue weighted by Crippen LogP contribution is 2.16. The third-order valence-electron chi connectivity index (χ3n) is 3.73. The van der Waals surface area contributed by atoms with Gasteiger partial charge in [-0.05, 0) is 37.5 Å². The molecular formula is C15H26N2. The molecular weight excluding hydrogens is 208 g/mol. The molecule has 0 aliphatic rings. The van der Waals surface area contributed by atoms with E-state index in [1.54, 1.807) is 0 Å². The molecule has 1 N–H and O–H groups in total. The van der Waals surface area contributed by atoms with Gasteiger partial charge in [-0.2, -0.15) is 0 Å². The maximum Gasteiger partial charge on any atom is 0.0361 e. The van der Waals surface area contributed by atoms with Crippen LogP contribution >= 0.6 is 0 Å². The molecule has 0 saturated carbocycles. The Balaban J connectivity index is 2.58. The van der Waals surface area contributed by atoms with Crippen molar-refractivity contribution in [1.29, 1.82) is 0 Å². The summed E-state index contributed by atoms with van der Waals surface area (Å²) < 4.78 is 0. The van der Waals surface area contributed by atoms with Gasteiger partial charge in [0.2, 0.25) is 0 Å². The number of hydrogen-bond donors (Lipinski definition) is 1. The molecule has 1 aromatic rings. The molecule has 1 aromatic carbocycles. The summed E-state index contributed by atoms with van der Waals surface area (Å²) in [7, 11) is 4.14. The first-order chi connectivity index (χ1) is 8.00. The van der Waals surface area contributed by atoms with Crippen LogP contribution in [-0.2, 0) is 6.54 Å². The summed E-state index contributed by atoms with van der Waals surface area (Å²) in [5.74, 6) is 0. The lowest BCUT2D eigenvalue weighted by atomic mass is 9.95. The Kier molecular flexibility index (Phi) is 5.01. The van der Waals surface area contributed by atoms with Crippen molar-refractivity contribution >= 4 is 5.69 Å². The molecule has 0 saturated heterocycles. The fraction of sp³-hybridized carbons (Fsp3) is 0.600. The monoisotopic (exact) mass is 234 g/mol. The van der Waals surface area contributed by atoms with Crippen LogP contribution in [0.15, 0.2) is 24.3 Å². The molecule has 0 fully saturated rings. The molecule has 1 rings (SSSR count). The highest BCUT2D eigenvalue weighted by molar-refractivity contribution is 5.45. The molecule has 0 unspecified atom stereocenters. The number of nitrogens with zero attached hydrogens (tertiary/aromatic N) is 1. The molecule has 0 bridgehead atoms. The molecule has 17 heavy (non-hydrogen) atoms. The van der Waals surface area contributed by atoms with E-state index in [4.69, 9.17) is 0 Å². The lowest BCUT2D eigenvalue weighted by Gasteiger charge is -2.28. The predicted molar refractivity (Wildman–Crippen MR) is 76.6 cm³/mol. The largest absolute Gasteiger partial charge is 0.378 e. The van der Waals surface area contributed by atoms with Crippen LogP contribution in [0.1, 0.15) is 39.2 Å². The van der Waals surface area contributed by atoms with Crippen molar-refractivity contribution in [3.05, 3.63) is 29.8 Å². The van der Waals surface area contributed by atoms with Crippen molar-refractivity contribution in [2.75, 3.05) is 19.0 Å². The lowest BCUT2D eigenvalue weighted by molar-refractivity contribution is 0.329. The van der Waals surface area contributed by atoms with Crippen molar-refractivity contribution in [2.24, 2.45) is 0 Å². The Morgan fingerprint density at radius 2 is 1.59 bits per heavy atom. The summed E-state index contributed by atoms with van der Waals surface area (Å²) in [5, 5.41) is 3.65. The minimum Gasteiger partial charge on any atom is -0.378 e. The predicted octanol–water partition coefficient (Wildman–Crippen LogP) is 3.42. The van der Waals surface area contributed by atoms with Crippen molar-refractivity contribution in [2.45, 2.75) is 45.7 Å². The average molecular weight is 234 g/mol. The maximum absolute atomic E-state index is 3.65. The molecule has 0 spiro atoms. The van der Waals surface area contributed by atoms with Gasteiger partial charge in [0.25, 0.3) is 0 Å².